The van der Waals surface area contributed by atoms with Gasteiger partial charge in [0, 0.05) is 29.3 Å². The second kappa shape index (κ2) is 8.82. The maximum atomic E-state index is 14.8. The van der Waals surface area contributed by atoms with Crippen LogP contribution in [0.15, 0.2) is 47.4 Å². The van der Waals surface area contributed by atoms with Crippen molar-refractivity contribution in [3.05, 3.63) is 65.0 Å². The normalized spacial score (nSPS) is 21.6. The van der Waals surface area contributed by atoms with Gasteiger partial charge in [0.05, 0.1) is 16.5 Å². The Kier molecular flexibility index (Phi) is 6.12. The lowest BCUT2D eigenvalue weighted by atomic mass is 9.57. The number of hydrogen-bond donors (Lipinski definition) is 1. The first kappa shape index (κ1) is 25.7. The topological polar surface area (TPSA) is 83.6 Å². The maximum Gasteiger partial charge on any atom is 0.416 e. The molecule has 1 aliphatic heterocycles. The van der Waals surface area contributed by atoms with E-state index in [1.807, 2.05) is 0 Å². The first-order valence-electron chi connectivity index (χ1n) is 12.1. The van der Waals surface area contributed by atoms with Crippen molar-refractivity contribution in [1.82, 2.24) is 10.2 Å². The summed E-state index contributed by atoms with van der Waals surface area (Å²) >= 11 is 0. The van der Waals surface area contributed by atoms with Crippen LogP contribution in [-0.2, 0) is 20.8 Å². The standard InChI is InChI=1S/C26H26F4N2O4S/c1-37(35,36)18-5-2-4-16(12-18)24(34)32-14-25(10-3-11-25)22(32)23(33)31-21(15-6-7-15)19-9-8-17(13-20(19)27)26(28,29)30/h2,4-5,8-9,12-13,15,21-22H,3,6-7,10-11,14H2,1H3,(H,31,33)/t21?,22-/m0/s1. The van der Waals surface area contributed by atoms with Gasteiger partial charge in [0.2, 0.25) is 5.91 Å². The van der Waals surface area contributed by atoms with E-state index < -0.39 is 56.7 Å². The highest BCUT2D eigenvalue weighted by atomic mass is 32.2. The summed E-state index contributed by atoms with van der Waals surface area (Å²) < 4.78 is 77.7. The van der Waals surface area contributed by atoms with Crippen molar-refractivity contribution in [1.29, 1.82) is 0 Å². The number of rotatable bonds is 6. The maximum absolute atomic E-state index is 14.8. The van der Waals surface area contributed by atoms with Crippen LogP contribution >= 0.6 is 0 Å². The van der Waals surface area contributed by atoms with Crippen LogP contribution in [0.25, 0.3) is 0 Å². The third kappa shape index (κ3) is 4.73. The number of sulfone groups is 1. The largest absolute Gasteiger partial charge is 0.416 e. The lowest BCUT2D eigenvalue weighted by Crippen LogP contribution is -2.73. The molecule has 2 aromatic rings. The number of halogens is 4. The van der Waals surface area contributed by atoms with E-state index >= 15 is 0 Å². The van der Waals surface area contributed by atoms with Gasteiger partial charge in [-0.15, -0.1) is 0 Å². The Morgan fingerprint density at radius 2 is 1.81 bits per heavy atom. The molecule has 198 valence electrons. The van der Waals surface area contributed by atoms with Crippen molar-refractivity contribution < 1.29 is 35.6 Å². The Morgan fingerprint density at radius 3 is 2.35 bits per heavy atom. The van der Waals surface area contributed by atoms with Crippen LogP contribution in [0, 0.1) is 17.2 Å². The minimum atomic E-state index is -4.69. The molecule has 6 nitrogen and oxygen atoms in total. The first-order valence-corrected chi connectivity index (χ1v) is 14.0. The zero-order chi connectivity index (χ0) is 26.8. The third-order valence-electron chi connectivity index (χ3n) is 7.80. The molecule has 3 aliphatic rings. The molecule has 2 atom stereocenters. The van der Waals surface area contributed by atoms with Crippen molar-refractivity contribution in [3.63, 3.8) is 0 Å². The molecule has 2 aromatic carbocycles. The van der Waals surface area contributed by atoms with Crippen molar-refractivity contribution in [2.45, 2.75) is 55.3 Å². The molecule has 0 radical (unpaired) electrons. The Morgan fingerprint density at radius 1 is 1.11 bits per heavy atom. The molecule has 1 heterocycles. The highest BCUT2D eigenvalue weighted by Crippen LogP contribution is 2.54. The number of nitrogens with one attached hydrogen (secondary N) is 1. The molecular weight excluding hydrogens is 512 g/mol. The van der Waals surface area contributed by atoms with Gasteiger partial charge >= 0.3 is 6.18 Å². The monoisotopic (exact) mass is 538 g/mol. The second-order valence-corrected chi connectivity index (χ2v) is 12.4. The van der Waals surface area contributed by atoms with E-state index in [1.165, 1.54) is 29.2 Å². The van der Waals surface area contributed by atoms with Crippen molar-refractivity contribution >= 4 is 21.7 Å². The molecule has 3 fully saturated rings. The molecule has 2 saturated carbocycles. The number of hydrogen-bond acceptors (Lipinski definition) is 4. The van der Waals surface area contributed by atoms with Gasteiger partial charge in [-0.05, 0) is 61.9 Å². The quantitative estimate of drug-likeness (QED) is 0.549. The van der Waals surface area contributed by atoms with Gasteiger partial charge in [-0.2, -0.15) is 13.2 Å². The number of carbonyl (C=O) groups is 2. The van der Waals surface area contributed by atoms with Gasteiger partial charge < -0.3 is 10.2 Å². The average Bonchev–Trinajstić information content (AvgIpc) is 3.60. The molecule has 5 rings (SSSR count). The SMILES string of the molecule is CS(=O)(=O)c1cccc(C(=O)N2CC3(CCC3)[C@@H]2C(=O)NC(c2ccc(C(F)(F)F)cc2F)C2CC2)c1. The van der Waals surface area contributed by atoms with Crippen molar-refractivity contribution in [3.8, 4) is 0 Å². The van der Waals surface area contributed by atoms with Gasteiger partial charge in [0.15, 0.2) is 9.84 Å². The summed E-state index contributed by atoms with van der Waals surface area (Å²) in [5, 5.41) is 2.84. The van der Waals surface area contributed by atoms with Crippen LogP contribution in [0.2, 0.25) is 0 Å². The minimum Gasteiger partial charge on any atom is -0.347 e. The summed E-state index contributed by atoms with van der Waals surface area (Å²) in [6.45, 7) is 0.343. The highest BCUT2D eigenvalue weighted by molar-refractivity contribution is 7.90. The highest BCUT2D eigenvalue weighted by Gasteiger charge is 2.61. The lowest BCUT2D eigenvalue weighted by Gasteiger charge is -2.61. The summed E-state index contributed by atoms with van der Waals surface area (Å²) in [4.78, 5) is 28.3. The van der Waals surface area contributed by atoms with E-state index in [0.717, 1.165) is 37.7 Å². The smallest absolute Gasteiger partial charge is 0.347 e. The number of alkyl halides is 3. The summed E-state index contributed by atoms with van der Waals surface area (Å²) in [5.74, 6) is -2.10. The van der Waals surface area contributed by atoms with E-state index in [0.29, 0.717) is 25.5 Å². The summed E-state index contributed by atoms with van der Waals surface area (Å²) in [6, 6.07) is 6.31. The van der Waals surface area contributed by atoms with E-state index in [-0.39, 0.29) is 21.9 Å². The molecule has 37 heavy (non-hydrogen) atoms. The number of carbonyl (C=O) groups excluding carboxylic acids is 2. The predicted molar refractivity (Wildman–Crippen MR) is 126 cm³/mol. The minimum absolute atomic E-state index is 0.00944. The second-order valence-electron chi connectivity index (χ2n) is 10.4. The summed E-state index contributed by atoms with van der Waals surface area (Å²) in [5.41, 5.74) is -1.37. The van der Waals surface area contributed by atoms with Gasteiger partial charge in [0.25, 0.3) is 5.91 Å². The molecule has 11 heteroatoms. The van der Waals surface area contributed by atoms with E-state index in [1.54, 1.807) is 0 Å². The fourth-order valence-corrected chi connectivity index (χ4v) is 6.17. The fraction of sp³-hybridized carbons (Fsp3) is 0.462. The Balaban J connectivity index is 1.40. The van der Waals surface area contributed by atoms with E-state index in [4.69, 9.17) is 0 Å². The Labute approximate surface area is 212 Å². The van der Waals surface area contributed by atoms with Crippen LogP contribution in [0.3, 0.4) is 0 Å². The molecule has 1 spiro atoms. The number of benzene rings is 2. The zero-order valence-corrected chi connectivity index (χ0v) is 20.8. The Hall–Kier alpha value is -2.95. The molecule has 0 bridgehead atoms. The average molecular weight is 539 g/mol. The summed E-state index contributed by atoms with van der Waals surface area (Å²) in [7, 11) is -3.54. The number of likely N-dealkylation sites (tertiary alicyclic amines) is 1. The number of nitrogens with zero attached hydrogens (tertiary/aromatic N) is 1. The van der Waals surface area contributed by atoms with Gasteiger partial charge in [-0.25, -0.2) is 12.8 Å². The van der Waals surface area contributed by atoms with Crippen molar-refractivity contribution in [2.75, 3.05) is 12.8 Å². The Bertz CT molecular complexity index is 1370. The van der Waals surface area contributed by atoms with Crippen LogP contribution in [0.5, 0.6) is 0 Å². The third-order valence-corrected chi connectivity index (χ3v) is 8.91. The fourth-order valence-electron chi connectivity index (χ4n) is 5.50. The first-order chi connectivity index (χ1) is 17.3. The van der Waals surface area contributed by atoms with Crippen LogP contribution in [0.4, 0.5) is 17.6 Å². The molecule has 1 N–H and O–H groups in total. The number of amides is 2. The molecule has 1 saturated heterocycles. The molecule has 1 unspecified atom stereocenters. The van der Waals surface area contributed by atoms with Crippen LogP contribution < -0.4 is 5.32 Å². The predicted octanol–water partition coefficient (Wildman–Crippen LogP) is 4.51. The lowest BCUT2D eigenvalue weighted by molar-refractivity contribution is -0.153. The van der Waals surface area contributed by atoms with Crippen LogP contribution in [-0.4, -0.2) is 44.0 Å². The van der Waals surface area contributed by atoms with Gasteiger partial charge in [-0.1, -0.05) is 18.6 Å². The molecule has 2 aliphatic carbocycles. The van der Waals surface area contributed by atoms with Gasteiger partial charge in [-0.3, -0.25) is 9.59 Å². The summed E-state index contributed by atoms with van der Waals surface area (Å²) in [6.07, 6.45) is 0.120. The molecular formula is C26H26F4N2O4S. The van der Waals surface area contributed by atoms with Crippen LogP contribution in [0.1, 0.15) is 59.6 Å². The van der Waals surface area contributed by atoms with Gasteiger partial charge in [0.1, 0.15) is 11.9 Å². The van der Waals surface area contributed by atoms with Crippen molar-refractivity contribution in [2.24, 2.45) is 11.3 Å². The van der Waals surface area contributed by atoms with E-state index in [2.05, 4.69) is 5.32 Å². The zero-order valence-electron chi connectivity index (χ0n) is 20.0. The molecule has 2 amide bonds. The molecule has 0 aromatic heterocycles. The van der Waals surface area contributed by atoms with E-state index in [9.17, 15) is 35.6 Å².